The minimum Gasteiger partial charge on any atom is -0.493 e. The molecule has 1 aliphatic rings. The van der Waals surface area contributed by atoms with Crippen LogP contribution in [-0.4, -0.2) is 26.8 Å². The predicted molar refractivity (Wildman–Crippen MR) is 78.4 cm³/mol. The smallest absolute Gasteiger partial charge is 0.167 e. The van der Waals surface area contributed by atoms with E-state index < -0.39 is 5.67 Å². The zero-order valence-electron chi connectivity index (χ0n) is 12.8. The van der Waals surface area contributed by atoms with Gasteiger partial charge in [0, 0.05) is 11.6 Å². The molecule has 3 nitrogen and oxygen atoms in total. The van der Waals surface area contributed by atoms with Crippen LogP contribution < -0.4 is 14.8 Å². The van der Waals surface area contributed by atoms with Gasteiger partial charge in [0.25, 0.3) is 0 Å². The summed E-state index contributed by atoms with van der Waals surface area (Å²) in [5.74, 6) is 1.09. The first-order valence-corrected chi connectivity index (χ1v) is 7.13. The molecule has 0 aliphatic carbocycles. The summed E-state index contributed by atoms with van der Waals surface area (Å²) in [4.78, 5) is 0. The Kier molecular flexibility index (Phi) is 4.53. The lowest BCUT2D eigenvalue weighted by molar-refractivity contribution is 0.211. The van der Waals surface area contributed by atoms with Gasteiger partial charge in [0.05, 0.1) is 14.2 Å². The molecule has 0 saturated carbocycles. The summed E-state index contributed by atoms with van der Waals surface area (Å²) in [6.45, 7) is 4.16. The number of nitrogens with one attached hydrogen (secondary N) is 1. The summed E-state index contributed by atoms with van der Waals surface area (Å²) in [6.07, 6.45) is 3.27. The van der Waals surface area contributed by atoms with Gasteiger partial charge in [-0.05, 0) is 57.4 Å². The quantitative estimate of drug-likeness (QED) is 0.899. The van der Waals surface area contributed by atoms with Crippen molar-refractivity contribution in [3.63, 3.8) is 0 Å². The minimum absolute atomic E-state index is 0.476. The standard InChI is InChI=1S/C16H24FNO2/c1-16(2,17)13-9-11(8-12-6-5-7-18-12)10-14(19-3)15(13)20-4/h9-10,12,18H,5-8H2,1-4H3. The van der Waals surface area contributed by atoms with Gasteiger partial charge in [-0.3, -0.25) is 0 Å². The second kappa shape index (κ2) is 6.00. The third-order valence-corrected chi connectivity index (χ3v) is 3.82. The van der Waals surface area contributed by atoms with Gasteiger partial charge >= 0.3 is 0 Å². The molecule has 1 unspecified atom stereocenters. The number of methoxy groups -OCH3 is 2. The van der Waals surface area contributed by atoms with Crippen LogP contribution in [0.25, 0.3) is 0 Å². The number of alkyl halides is 1. The maximum absolute atomic E-state index is 14.4. The molecule has 1 N–H and O–H groups in total. The van der Waals surface area contributed by atoms with E-state index in [4.69, 9.17) is 9.47 Å². The number of ether oxygens (including phenoxy) is 2. The highest BCUT2D eigenvalue weighted by Crippen LogP contribution is 2.40. The summed E-state index contributed by atoms with van der Waals surface area (Å²) >= 11 is 0. The van der Waals surface area contributed by atoms with Crippen molar-refractivity contribution in [3.05, 3.63) is 23.3 Å². The van der Waals surface area contributed by atoms with Gasteiger partial charge < -0.3 is 14.8 Å². The van der Waals surface area contributed by atoms with Crippen molar-refractivity contribution in [2.75, 3.05) is 20.8 Å². The van der Waals surface area contributed by atoms with E-state index in [-0.39, 0.29) is 0 Å². The molecule has 4 heteroatoms. The highest BCUT2D eigenvalue weighted by Gasteiger charge is 2.27. The fraction of sp³-hybridized carbons (Fsp3) is 0.625. The van der Waals surface area contributed by atoms with E-state index in [1.54, 1.807) is 28.1 Å². The molecule has 1 aromatic rings. The Labute approximate surface area is 120 Å². The summed E-state index contributed by atoms with van der Waals surface area (Å²) < 4.78 is 25.1. The van der Waals surface area contributed by atoms with E-state index in [0.717, 1.165) is 18.5 Å². The molecular formula is C16H24FNO2. The maximum atomic E-state index is 14.4. The Morgan fingerprint density at radius 1 is 1.30 bits per heavy atom. The monoisotopic (exact) mass is 281 g/mol. The van der Waals surface area contributed by atoms with Crippen molar-refractivity contribution in [2.45, 2.75) is 44.8 Å². The Bertz CT molecular complexity index is 462. The summed E-state index contributed by atoms with van der Waals surface area (Å²) in [5.41, 5.74) is 0.174. The fourth-order valence-corrected chi connectivity index (χ4v) is 2.80. The zero-order chi connectivity index (χ0) is 14.8. The molecule has 1 heterocycles. The van der Waals surface area contributed by atoms with Crippen LogP contribution in [0, 0.1) is 0 Å². The highest BCUT2D eigenvalue weighted by molar-refractivity contribution is 5.52. The van der Waals surface area contributed by atoms with Gasteiger partial charge in [0.15, 0.2) is 11.5 Å². The third-order valence-electron chi connectivity index (χ3n) is 3.82. The topological polar surface area (TPSA) is 30.5 Å². The molecule has 1 fully saturated rings. The molecule has 1 aliphatic heterocycles. The molecule has 0 spiro atoms. The van der Waals surface area contributed by atoms with Gasteiger partial charge in [-0.25, -0.2) is 4.39 Å². The van der Waals surface area contributed by atoms with Crippen LogP contribution in [0.1, 0.15) is 37.8 Å². The molecular weight excluding hydrogens is 257 g/mol. The molecule has 0 bridgehead atoms. The van der Waals surface area contributed by atoms with Crippen LogP contribution >= 0.6 is 0 Å². The molecule has 0 aromatic heterocycles. The van der Waals surface area contributed by atoms with Gasteiger partial charge in [-0.1, -0.05) is 0 Å². The van der Waals surface area contributed by atoms with Crippen molar-refractivity contribution in [1.29, 1.82) is 0 Å². The summed E-state index contributed by atoms with van der Waals surface area (Å²) in [5, 5.41) is 3.46. The lowest BCUT2D eigenvalue weighted by Gasteiger charge is -2.22. The normalized spacial score (nSPS) is 19.1. The van der Waals surface area contributed by atoms with Crippen LogP contribution in [0.5, 0.6) is 11.5 Å². The average Bonchev–Trinajstić information content (AvgIpc) is 2.89. The number of halogens is 1. The second-order valence-corrected chi connectivity index (χ2v) is 5.85. The summed E-state index contributed by atoms with van der Waals surface area (Å²) in [7, 11) is 3.13. The molecule has 1 saturated heterocycles. The molecule has 0 radical (unpaired) electrons. The van der Waals surface area contributed by atoms with Gasteiger partial charge in [0.1, 0.15) is 5.67 Å². The first-order valence-electron chi connectivity index (χ1n) is 7.13. The second-order valence-electron chi connectivity index (χ2n) is 5.85. The lowest BCUT2D eigenvalue weighted by atomic mass is 9.93. The first-order chi connectivity index (χ1) is 9.45. The zero-order valence-corrected chi connectivity index (χ0v) is 12.8. The van der Waals surface area contributed by atoms with E-state index in [0.29, 0.717) is 23.1 Å². The molecule has 1 atom stereocenters. The van der Waals surface area contributed by atoms with Crippen LogP contribution in [0.2, 0.25) is 0 Å². The summed E-state index contributed by atoms with van der Waals surface area (Å²) in [6, 6.07) is 4.33. The Morgan fingerprint density at radius 3 is 2.55 bits per heavy atom. The molecule has 1 aromatic carbocycles. The van der Waals surface area contributed by atoms with E-state index in [1.165, 1.54) is 12.8 Å². The van der Waals surface area contributed by atoms with E-state index in [1.807, 2.05) is 12.1 Å². The van der Waals surface area contributed by atoms with Gasteiger partial charge in [-0.2, -0.15) is 0 Å². The van der Waals surface area contributed by atoms with Crippen molar-refractivity contribution < 1.29 is 13.9 Å². The molecule has 20 heavy (non-hydrogen) atoms. The lowest BCUT2D eigenvalue weighted by Crippen LogP contribution is -2.24. The van der Waals surface area contributed by atoms with Crippen molar-refractivity contribution >= 4 is 0 Å². The average molecular weight is 281 g/mol. The minimum atomic E-state index is -1.46. The Balaban J connectivity index is 2.37. The van der Waals surface area contributed by atoms with E-state index >= 15 is 0 Å². The molecule has 2 rings (SSSR count). The van der Waals surface area contributed by atoms with E-state index in [2.05, 4.69) is 5.32 Å². The van der Waals surface area contributed by atoms with Crippen LogP contribution in [0.3, 0.4) is 0 Å². The molecule has 112 valence electrons. The van der Waals surface area contributed by atoms with Crippen LogP contribution in [-0.2, 0) is 12.1 Å². The van der Waals surface area contributed by atoms with Gasteiger partial charge in [0.2, 0.25) is 0 Å². The SMILES string of the molecule is COc1cc(CC2CCCN2)cc(C(C)(C)F)c1OC. The third kappa shape index (κ3) is 3.23. The Hall–Kier alpha value is -1.29. The van der Waals surface area contributed by atoms with Crippen molar-refractivity contribution in [1.82, 2.24) is 5.32 Å². The van der Waals surface area contributed by atoms with Crippen molar-refractivity contribution in [2.24, 2.45) is 0 Å². The largest absolute Gasteiger partial charge is 0.493 e. The number of hydrogen-bond donors (Lipinski definition) is 1. The Morgan fingerprint density at radius 2 is 2.05 bits per heavy atom. The van der Waals surface area contributed by atoms with E-state index in [9.17, 15) is 4.39 Å². The van der Waals surface area contributed by atoms with Gasteiger partial charge in [-0.15, -0.1) is 0 Å². The number of hydrogen-bond acceptors (Lipinski definition) is 3. The first kappa shape index (κ1) is 15.1. The van der Waals surface area contributed by atoms with Crippen LogP contribution in [0.15, 0.2) is 12.1 Å². The number of benzene rings is 1. The highest BCUT2D eigenvalue weighted by atomic mass is 19.1. The maximum Gasteiger partial charge on any atom is 0.167 e. The van der Waals surface area contributed by atoms with Crippen LogP contribution in [0.4, 0.5) is 4.39 Å². The molecule has 0 amide bonds. The fourth-order valence-electron chi connectivity index (χ4n) is 2.80. The van der Waals surface area contributed by atoms with Crippen molar-refractivity contribution in [3.8, 4) is 11.5 Å². The predicted octanol–water partition coefficient (Wildman–Crippen LogP) is 3.20. The number of rotatable bonds is 5.